The van der Waals surface area contributed by atoms with Gasteiger partial charge in [-0.05, 0) is 55.2 Å². The van der Waals surface area contributed by atoms with Crippen LogP contribution in [0.3, 0.4) is 0 Å². The quantitative estimate of drug-likeness (QED) is 0.865. The molecule has 1 aromatic rings. The number of aliphatic hydroxyl groups excluding tert-OH is 1. The molecule has 2 rings (SSSR count). The molecule has 1 unspecified atom stereocenters. The second kappa shape index (κ2) is 8.02. The molecule has 0 saturated carbocycles. The SMILES string of the molecule is Cc1c(NCC(C)(C)C)cccc1C(=O)N1CCCC(CCO)C1. The molecular weight excluding hydrogens is 300 g/mol. The summed E-state index contributed by atoms with van der Waals surface area (Å²) in [5.74, 6) is 0.546. The summed E-state index contributed by atoms with van der Waals surface area (Å²) in [5.41, 5.74) is 3.05. The molecule has 2 N–H and O–H groups in total. The van der Waals surface area contributed by atoms with Gasteiger partial charge in [-0.15, -0.1) is 0 Å². The highest BCUT2D eigenvalue weighted by atomic mass is 16.3. The maximum absolute atomic E-state index is 13.0. The predicted molar refractivity (Wildman–Crippen MR) is 99.5 cm³/mol. The van der Waals surface area contributed by atoms with E-state index in [2.05, 4.69) is 26.1 Å². The summed E-state index contributed by atoms with van der Waals surface area (Å²) in [5, 5.41) is 12.6. The van der Waals surface area contributed by atoms with Crippen molar-refractivity contribution in [3.63, 3.8) is 0 Å². The maximum atomic E-state index is 13.0. The Labute approximate surface area is 146 Å². The normalized spacial score (nSPS) is 18.5. The molecule has 1 aromatic carbocycles. The zero-order valence-electron chi connectivity index (χ0n) is 15.6. The van der Waals surface area contributed by atoms with E-state index in [1.807, 2.05) is 30.0 Å². The molecule has 1 aliphatic rings. The first-order valence-corrected chi connectivity index (χ1v) is 9.05. The van der Waals surface area contributed by atoms with Crippen LogP contribution in [-0.2, 0) is 0 Å². The zero-order chi connectivity index (χ0) is 17.7. The summed E-state index contributed by atoms with van der Waals surface area (Å²) in [4.78, 5) is 14.9. The van der Waals surface area contributed by atoms with E-state index >= 15 is 0 Å². The van der Waals surface area contributed by atoms with Crippen molar-refractivity contribution in [1.82, 2.24) is 4.90 Å². The van der Waals surface area contributed by atoms with E-state index in [9.17, 15) is 4.79 Å². The van der Waals surface area contributed by atoms with Gasteiger partial charge in [0.05, 0.1) is 0 Å². The van der Waals surface area contributed by atoms with Crippen molar-refractivity contribution in [2.24, 2.45) is 11.3 Å². The molecule has 0 aromatic heterocycles. The fourth-order valence-corrected chi connectivity index (χ4v) is 3.26. The van der Waals surface area contributed by atoms with Crippen LogP contribution in [0.5, 0.6) is 0 Å². The van der Waals surface area contributed by atoms with Gasteiger partial charge in [0, 0.05) is 37.5 Å². The molecular formula is C20H32N2O2. The Balaban J connectivity index is 2.11. The van der Waals surface area contributed by atoms with Gasteiger partial charge in [0.2, 0.25) is 0 Å². The first-order chi connectivity index (χ1) is 11.3. The third kappa shape index (κ3) is 4.97. The molecule has 0 bridgehead atoms. The van der Waals surface area contributed by atoms with Crippen LogP contribution in [0.2, 0.25) is 0 Å². The number of piperidine rings is 1. The molecule has 4 nitrogen and oxygen atoms in total. The van der Waals surface area contributed by atoms with Crippen LogP contribution in [0.4, 0.5) is 5.69 Å². The van der Waals surface area contributed by atoms with Gasteiger partial charge < -0.3 is 15.3 Å². The minimum atomic E-state index is 0.120. The standard InChI is InChI=1S/C20H32N2O2/c1-15-17(8-5-9-18(15)21-14-20(2,3)4)19(24)22-11-6-7-16(13-22)10-12-23/h5,8-9,16,21,23H,6-7,10-14H2,1-4H3. The molecule has 0 radical (unpaired) electrons. The van der Waals surface area contributed by atoms with Crippen LogP contribution < -0.4 is 5.32 Å². The van der Waals surface area contributed by atoms with Crippen LogP contribution in [0.15, 0.2) is 18.2 Å². The van der Waals surface area contributed by atoms with Gasteiger partial charge >= 0.3 is 0 Å². The van der Waals surface area contributed by atoms with E-state index in [4.69, 9.17) is 5.11 Å². The number of amides is 1. The van der Waals surface area contributed by atoms with Crippen molar-refractivity contribution >= 4 is 11.6 Å². The molecule has 134 valence electrons. The lowest BCUT2D eigenvalue weighted by atomic mass is 9.94. The third-order valence-corrected chi connectivity index (χ3v) is 4.72. The molecule has 0 spiro atoms. The molecule has 24 heavy (non-hydrogen) atoms. The Morgan fingerprint density at radius 2 is 2.12 bits per heavy atom. The highest BCUT2D eigenvalue weighted by Gasteiger charge is 2.25. The Bertz CT molecular complexity index is 561. The topological polar surface area (TPSA) is 52.6 Å². The average Bonchev–Trinajstić information content (AvgIpc) is 2.53. The molecule has 4 heteroatoms. The Hall–Kier alpha value is -1.55. The molecule has 0 aliphatic carbocycles. The van der Waals surface area contributed by atoms with Gasteiger partial charge in [0.1, 0.15) is 0 Å². The number of nitrogens with zero attached hydrogens (tertiary/aromatic N) is 1. The summed E-state index contributed by atoms with van der Waals surface area (Å²) < 4.78 is 0. The van der Waals surface area contributed by atoms with Crippen LogP contribution >= 0.6 is 0 Å². The number of rotatable bonds is 5. The van der Waals surface area contributed by atoms with Gasteiger partial charge in [0.25, 0.3) is 5.91 Å². The number of nitrogens with one attached hydrogen (secondary N) is 1. The van der Waals surface area contributed by atoms with Crippen molar-refractivity contribution in [2.75, 3.05) is 31.6 Å². The summed E-state index contributed by atoms with van der Waals surface area (Å²) in [6.45, 7) is 11.3. The van der Waals surface area contributed by atoms with E-state index in [1.54, 1.807) is 0 Å². The van der Waals surface area contributed by atoms with E-state index in [0.717, 1.165) is 55.7 Å². The summed E-state index contributed by atoms with van der Waals surface area (Å²) in [6, 6.07) is 5.93. The zero-order valence-corrected chi connectivity index (χ0v) is 15.6. The van der Waals surface area contributed by atoms with Crippen molar-refractivity contribution in [3.8, 4) is 0 Å². The minimum Gasteiger partial charge on any atom is -0.396 e. The van der Waals surface area contributed by atoms with Crippen LogP contribution in [0.1, 0.15) is 56.0 Å². The predicted octanol–water partition coefficient (Wildman–Crippen LogP) is 3.69. The number of hydrogen-bond acceptors (Lipinski definition) is 3. The van der Waals surface area contributed by atoms with Crippen molar-refractivity contribution in [2.45, 2.75) is 47.0 Å². The maximum Gasteiger partial charge on any atom is 0.254 e. The van der Waals surface area contributed by atoms with E-state index in [0.29, 0.717) is 5.92 Å². The molecule has 1 atom stereocenters. The minimum absolute atomic E-state index is 0.120. The molecule has 1 fully saturated rings. The third-order valence-electron chi connectivity index (χ3n) is 4.72. The summed E-state index contributed by atoms with van der Waals surface area (Å²) in [7, 11) is 0. The Kier molecular flexibility index (Phi) is 6.27. The molecule has 1 aliphatic heterocycles. The number of carbonyl (C=O) groups excluding carboxylic acids is 1. The fraction of sp³-hybridized carbons (Fsp3) is 0.650. The number of likely N-dealkylation sites (tertiary alicyclic amines) is 1. The molecule has 1 amide bonds. The van der Waals surface area contributed by atoms with Gasteiger partial charge in [-0.3, -0.25) is 4.79 Å². The lowest BCUT2D eigenvalue weighted by Crippen LogP contribution is -2.40. The second-order valence-electron chi connectivity index (χ2n) is 8.16. The number of aliphatic hydroxyl groups is 1. The first kappa shape index (κ1) is 18.8. The summed E-state index contributed by atoms with van der Waals surface area (Å²) >= 11 is 0. The lowest BCUT2D eigenvalue weighted by molar-refractivity contribution is 0.0653. The Morgan fingerprint density at radius 1 is 1.38 bits per heavy atom. The largest absolute Gasteiger partial charge is 0.396 e. The van der Waals surface area contributed by atoms with E-state index < -0.39 is 0 Å². The van der Waals surface area contributed by atoms with Gasteiger partial charge in [-0.1, -0.05) is 26.8 Å². The van der Waals surface area contributed by atoms with E-state index in [-0.39, 0.29) is 17.9 Å². The van der Waals surface area contributed by atoms with Gasteiger partial charge in [-0.25, -0.2) is 0 Å². The van der Waals surface area contributed by atoms with Crippen molar-refractivity contribution in [3.05, 3.63) is 29.3 Å². The number of benzene rings is 1. The average molecular weight is 332 g/mol. The highest BCUT2D eigenvalue weighted by Crippen LogP contribution is 2.25. The molecule has 1 saturated heterocycles. The van der Waals surface area contributed by atoms with Gasteiger partial charge in [-0.2, -0.15) is 0 Å². The second-order valence-corrected chi connectivity index (χ2v) is 8.16. The Morgan fingerprint density at radius 3 is 2.79 bits per heavy atom. The number of carbonyl (C=O) groups is 1. The van der Waals surface area contributed by atoms with Crippen molar-refractivity contribution < 1.29 is 9.90 Å². The van der Waals surface area contributed by atoms with Crippen LogP contribution in [0.25, 0.3) is 0 Å². The smallest absolute Gasteiger partial charge is 0.254 e. The number of hydrogen-bond donors (Lipinski definition) is 2. The highest BCUT2D eigenvalue weighted by molar-refractivity contribution is 5.97. The van der Waals surface area contributed by atoms with E-state index in [1.165, 1.54) is 0 Å². The van der Waals surface area contributed by atoms with Crippen LogP contribution in [0, 0.1) is 18.3 Å². The first-order valence-electron chi connectivity index (χ1n) is 9.05. The van der Waals surface area contributed by atoms with Crippen molar-refractivity contribution in [1.29, 1.82) is 0 Å². The molecule has 1 heterocycles. The van der Waals surface area contributed by atoms with Gasteiger partial charge in [0.15, 0.2) is 0 Å². The van der Waals surface area contributed by atoms with Crippen LogP contribution in [-0.4, -0.2) is 42.2 Å². The lowest BCUT2D eigenvalue weighted by Gasteiger charge is -2.33. The summed E-state index contributed by atoms with van der Waals surface area (Å²) in [6.07, 6.45) is 2.92. The fourth-order valence-electron chi connectivity index (χ4n) is 3.26. The number of anilines is 1. The monoisotopic (exact) mass is 332 g/mol.